The molecule has 2 aromatic heterocycles. The van der Waals surface area contributed by atoms with Gasteiger partial charge >= 0.3 is 5.97 Å². The first-order valence-corrected chi connectivity index (χ1v) is 12.4. The summed E-state index contributed by atoms with van der Waals surface area (Å²) in [6, 6.07) is 16.0. The molecule has 0 atom stereocenters. The number of imidazole rings is 1. The fourth-order valence-electron chi connectivity index (χ4n) is 4.58. The molecule has 0 aliphatic carbocycles. The molecule has 0 unspecified atom stereocenters. The number of aryl methyl sites for hydroxylation is 1. The number of hydrogen-bond acceptors (Lipinski definition) is 6. The van der Waals surface area contributed by atoms with Crippen LogP contribution < -0.4 is 0 Å². The zero-order valence-corrected chi connectivity index (χ0v) is 20.9. The molecule has 0 bridgehead atoms. The number of carboxylic acids is 1. The summed E-state index contributed by atoms with van der Waals surface area (Å²) in [5, 5.41) is 35.7. The molecule has 9 nitrogen and oxygen atoms in total. The van der Waals surface area contributed by atoms with Crippen LogP contribution in [-0.2, 0) is 18.6 Å². The molecule has 36 heavy (non-hydrogen) atoms. The number of carboxylic acid groups (broad SMARTS) is 1. The van der Waals surface area contributed by atoms with Gasteiger partial charge in [0.25, 0.3) is 0 Å². The lowest BCUT2D eigenvalue weighted by Crippen LogP contribution is -2.30. The average molecular weight is 489 g/mol. The normalized spacial score (nSPS) is 11.7. The van der Waals surface area contributed by atoms with Crippen LogP contribution in [0.5, 0.6) is 0 Å². The van der Waals surface area contributed by atoms with E-state index in [1.54, 1.807) is 0 Å². The van der Waals surface area contributed by atoms with Crippen molar-refractivity contribution in [2.24, 2.45) is 0 Å². The summed E-state index contributed by atoms with van der Waals surface area (Å²) in [5.74, 6) is 0.101. The molecule has 0 aliphatic heterocycles. The standard InChI is InChI=1S/C27H32N6O3/c1-4-7-12-22-28-23(26(34)35)24(27(36,5-2)6-3)33(22)17-18-13-15-19(16-14-18)20-10-8-9-11-21(20)25-29-31-32-30-25/h8-11,13-16,36H,4-7,12,17H2,1-3H3,(H,34,35)(H,29,30,31,32). The summed E-state index contributed by atoms with van der Waals surface area (Å²) in [5.41, 5.74) is 2.90. The highest BCUT2D eigenvalue weighted by Crippen LogP contribution is 2.34. The monoisotopic (exact) mass is 488 g/mol. The number of aliphatic hydroxyl groups is 1. The summed E-state index contributed by atoms with van der Waals surface area (Å²) >= 11 is 0. The minimum atomic E-state index is -1.27. The van der Waals surface area contributed by atoms with E-state index in [9.17, 15) is 15.0 Å². The number of benzene rings is 2. The lowest BCUT2D eigenvalue weighted by molar-refractivity contribution is 0.0183. The van der Waals surface area contributed by atoms with Crippen molar-refractivity contribution in [3.8, 4) is 22.5 Å². The Kier molecular flexibility index (Phi) is 7.59. The number of tetrazole rings is 1. The van der Waals surface area contributed by atoms with Crippen molar-refractivity contribution in [1.29, 1.82) is 0 Å². The third-order valence-electron chi connectivity index (χ3n) is 6.73. The summed E-state index contributed by atoms with van der Waals surface area (Å²) in [6.45, 7) is 6.25. The maximum atomic E-state index is 12.1. The van der Waals surface area contributed by atoms with Crippen LogP contribution in [-0.4, -0.2) is 46.4 Å². The Morgan fingerprint density at radius 3 is 2.31 bits per heavy atom. The molecular weight excluding hydrogens is 456 g/mol. The molecular formula is C27H32N6O3. The van der Waals surface area contributed by atoms with E-state index in [-0.39, 0.29) is 5.69 Å². The first kappa shape index (κ1) is 25.2. The molecule has 188 valence electrons. The molecule has 4 aromatic rings. The fraction of sp³-hybridized carbons (Fsp3) is 0.370. The van der Waals surface area contributed by atoms with E-state index in [0.29, 0.717) is 43.1 Å². The number of hydrogen-bond donors (Lipinski definition) is 3. The molecule has 0 radical (unpaired) electrons. The van der Waals surface area contributed by atoms with Crippen molar-refractivity contribution < 1.29 is 15.0 Å². The van der Waals surface area contributed by atoms with Gasteiger partial charge in [0.2, 0.25) is 5.82 Å². The van der Waals surface area contributed by atoms with Gasteiger partial charge < -0.3 is 14.8 Å². The Balaban J connectivity index is 1.74. The number of aromatic carboxylic acids is 1. The second-order valence-electron chi connectivity index (χ2n) is 8.94. The van der Waals surface area contributed by atoms with Gasteiger partial charge in [0, 0.05) is 18.5 Å². The predicted molar refractivity (Wildman–Crippen MR) is 136 cm³/mol. The summed E-state index contributed by atoms with van der Waals surface area (Å²) in [6.07, 6.45) is 3.29. The second kappa shape index (κ2) is 10.8. The minimum absolute atomic E-state index is 0.0574. The molecule has 0 fully saturated rings. The van der Waals surface area contributed by atoms with Gasteiger partial charge in [-0.15, -0.1) is 10.2 Å². The Morgan fingerprint density at radius 2 is 1.72 bits per heavy atom. The first-order valence-electron chi connectivity index (χ1n) is 12.4. The number of unbranched alkanes of at least 4 members (excludes halogenated alkanes) is 1. The summed E-state index contributed by atoms with van der Waals surface area (Å²) < 4.78 is 1.91. The van der Waals surface area contributed by atoms with Crippen LogP contribution in [0.4, 0.5) is 0 Å². The van der Waals surface area contributed by atoms with Crippen molar-refractivity contribution in [2.75, 3.05) is 0 Å². The van der Waals surface area contributed by atoms with Crippen molar-refractivity contribution in [2.45, 2.75) is 65.0 Å². The molecule has 0 saturated heterocycles. The molecule has 3 N–H and O–H groups in total. The van der Waals surface area contributed by atoms with E-state index in [4.69, 9.17) is 0 Å². The quantitative estimate of drug-likeness (QED) is 0.276. The van der Waals surface area contributed by atoms with Gasteiger partial charge in [-0.3, -0.25) is 0 Å². The summed E-state index contributed by atoms with van der Waals surface area (Å²) in [7, 11) is 0. The molecule has 0 spiro atoms. The predicted octanol–water partition coefficient (Wildman–Crippen LogP) is 4.83. The van der Waals surface area contributed by atoms with Gasteiger partial charge in [-0.05, 0) is 41.2 Å². The number of H-pyrrole nitrogens is 1. The topological polar surface area (TPSA) is 130 Å². The SMILES string of the molecule is CCCCc1nc(C(=O)O)c(C(O)(CC)CC)n1Cc1ccc(-c2ccccc2-c2nn[nH]n2)cc1. The lowest BCUT2D eigenvalue weighted by atomic mass is 9.91. The van der Waals surface area contributed by atoms with E-state index in [1.807, 2.05) is 66.9 Å². The Hall–Kier alpha value is -3.85. The van der Waals surface area contributed by atoms with Crippen LogP contribution in [0.2, 0.25) is 0 Å². The number of nitrogens with one attached hydrogen (secondary N) is 1. The molecule has 2 aromatic carbocycles. The fourth-order valence-corrected chi connectivity index (χ4v) is 4.58. The van der Waals surface area contributed by atoms with Gasteiger partial charge in [-0.1, -0.05) is 75.7 Å². The maximum absolute atomic E-state index is 12.1. The third kappa shape index (κ3) is 4.92. The smallest absolute Gasteiger partial charge is 0.356 e. The highest BCUT2D eigenvalue weighted by Gasteiger charge is 2.36. The first-order chi connectivity index (χ1) is 17.4. The van der Waals surface area contributed by atoms with E-state index < -0.39 is 11.6 Å². The Bertz CT molecular complexity index is 1310. The van der Waals surface area contributed by atoms with E-state index in [0.717, 1.165) is 35.1 Å². The molecule has 0 saturated carbocycles. The van der Waals surface area contributed by atoms with Gasteiger partial charge in [0.1, 0.15) is 11.4 Å². The van der Waals surface area contributed by atoms with Crippen molar-refractivity contribution in [3.63, 3.8) is 0 Å². The van der Waals surface area contributed by atoms with Crippen LogP contribution in [0.1, 0.15) is 74.0 Å². The number of nitrogens with zero attached hydrogens (tertiary/aromatic N) is 5. The van der Waals surface area contributed by atoms with Gasteiger partial charge in [0.05, 0.1) is 5.69 Å². The average Bonchev–Trinajstić information content (AvgIpc) is 3.56. The molecule has 0 aliphatic rings. The van der Waals surface area contributed by atoms with Crippen molar-refractivity contribution >= 4 is 5.97 Å². The van der Waals surface area contributed by atoms with Crippen molar-refractivity contribution in [1.82, 2.24) is 30.2 Å². The molecule has 2 heterocycles. The van der Waals surface area contributed by atoms with E-state index in [1.165, 1.54) is 0 Å². The summed E-state index contributed by atoms with van der Waals surface area (Å²) in [4.78, 5) is 16.6. The maximum Gasteiger partial charge on any atom is 0.356 e. The molecule has 4 rings (SSSR count). The van der Waals surface area contributed by atoms with Crippen molar-refractivity contribution in [3.05, 3.63) is 71.3 Å². The number of rotatable bonds is 11. The van der Waals surface area contributed by atoms with Crippen LogP contribution in [0.3, 0.4) is 0 Å². The minimum Gasteiger partial charge on any atom is -0.476 e. The van der Waals surface area contributed by atoms with Crippen LogP contribution in [0, 0.1) is 0 Å². The number of aromatic amines is 1. The van der Waals surface area contributed by atoms with Crippen LogP contribution in [0.25, 0.3) is 22.5 Å². The number of carbonyl (C=O) groups is 1. The second-order valence-corrected chi connectivity index (χ2v) is 8.94. The molecule has 0 amide bonds. The highest BCUT2D eigenvalue weighted by atomic mass is 16.4. The zero-order valence-electron chi connectivity index (χ0n) is 20.9. The van der Waals surface area contributed by atoms with Gasteiger partial charge in [0.15, 0.2) is 5.69 Å². The number of aromatic nitrogens is 6. The van der Waals surface area contributed by atoms with E-state index in [2.05, 4.69) is 32.5 Å². The third-order valence-corrected chi connectivity index (χ3v) is 6.73. The highest BCUT2D eigenvalue weighted by molar-refractivity contribution is 5.87. The Morgan fingerprint density at radius 1 is 1.03 bits per heavy atom. The lowest BCUT2D eigenvalue weighted by Gasteiger charge is -2.28. The van der Waals surface area contributed by atoms with Crippen LogP contribution >= 0.6 is 0 Å². The van der Waals surface area contributed by atoms with Crippen LogP contribution in [0.15, 0.2) is 48.5 Å². The van der Waals surface area contributed by atoms with Gasteiger partial charge in [-0.25, -0.2) is 9.78 Å². The van der Waals surface area contributed by atoms with E-state index >= 15 is 0 Å². The zero-order chi connectivity index (χ0) is 25.7. The Labute approximate surface area is 210 Å². The van der Waals surface area contributed by atoms with Gasteiger partial charge in [-0.2, -0.15) is 5.21 Å². The molecule has 9 heteroatoms. The largest absolute Gasteiger partial charge is 0.476 e.